The van der Waals surface area contributed by atoms with Gasteiger partial charge < -0.3 is 4.74 Å². The molecule has 0 aliphatic carbocycles. The number of carbonyl (C=O) groups excluding carboxylic acids is 1. The summed E-state index contributed by atoms with van der Waals surface area (Å²) in [5, 5.41) is 8.77. The Kier molecular flexibility index (Phi) is 4.22. The van der Waals surface area contributed by atoms with Crippen LogP contribution in [-0.2, 0) is 9.53 Å². The first-order valence-electron chi connectivity index (χ1n) is 5.28. The summed E-state index contributed by atoms with van der Waals surface area (Å²) in [4.78, 5) is 11.6. The third-order valence-corrected chi connectivity index (χ3v) is 2.53. The van der Waals surface area contributed by atoms with Crippen molar-refractivity contribution in [3.05, 3.63) is 35.1 Å². The normalized spacial score (nSPS) is 12.0. The highest BCUT2D eigenvalue weighted by Crippen LogP contribution is 2.27. The Morgan fingerprint density at radius 3 is 2.53 bits per heavy atom. The fraction of sp³-hybridized carbons (Fsp3) is 0.385. The van der Waals surface area contributed by atoms with Crippen LogP contribution in [0.4, 0.5) is 4.39 Å². The summed E-state index contributed by atoms with van der Waals surface area (Å²) in [6, 6.07) is 5.79. The van der Waals surface area contributed by atoms with Crippen LogP contribution in [-0.4, -0.2) is 13.1 Å². The van der Waals surface area contributed by atoms with Gasteiger partial charge in [0, 0.05) is 0 Å². The summed E-state index contributed by atoms with van der Waals surface area (Å²) in [7, 11) is 1.29. The SMILES string of the molecule is COC(=O)C(c1cc(F)cc(C#N)c1)C(C)C. The molecule has 1 aromatic rings. The summed E-state index contributed by atoms with van der Waals surface area (Å²) >= 11 is 0. The maximum absolute atomic E-state index is 13.3. The molecule has 4 heteroatoms. The van der Waals surface area contributed by atoms with E-state index in [1.807, 2.05) is 19.9 Å². The van der Waals surface area contributed by atoms with Crippen LogP contribution in [0.25, 0.3) is 0 Å². The van der Waals surface area contributed by atoms with E-state index in [1.165, 1.54) is 19.2 Å². The van der Waals surface area contributed by atoms with Crippen molar-refractivity contribution in [2.75, 3.05) is 7.11 Å². The Morgan fingerprint density at radius 1 is 1.41 bits per heavy atom. The Balaban J connectivity index is 3.24. The summed E-state index contributed by atoms with van der Waals surface area (Å²) in [5.74, 6) is -1.53. The molecule has 0 aliphatic rings. The summed E-state index contributed by atoms with van der Waals surface area (Å²) in [6.07, 6.45) is 0. The van der Waals surface area contributed by atoms with Crippen molar-refractivity contribution < 1.29 is 13.9 Å². The minimum absolute atomic E-state index is 0.0317. The van der Waals surface area contributed by atoms with E-state index in [0.29, 0.717) is 5.56 Å². The molecule has 0 saturated carbocycles. The Morgan fingerprint density at radius 2 is 2.06 bits per heavy atom. The van der Waals surface area contributed by atoms with E-state index < -0.39 is 17.7 Å². The van der Waals surface area contributed by atoms with Gasteiger partial charge in [0.15, 0.2) is 0 Å². The molecule has 0 bridgehead atoms. The van der Waals surface area contributed by atoms with Crippen LogP contribution in [0.5, 0.6) is 0 Å². The highest BCUT2D eigenvalue weighted by Gasteiger charge is 2.25. The number of hydrogen-bond acceptors (Lipinski definition) is 3. The zero-order chi connectivity index (χ0) is 13.0. The van der Waals surface area contributed by atoms with E-state index in [4.69, 9.17) is 10.00 Å². The number of carbonyl (C=O) groups is 1. The molecule has 0 spiro atoms. The maximum atomic E-state index is 13.3. The lowest BCUT2D eigenvalue weighted by molar-refractivity contribution is -0.143. The first-order valence-corrected chi connectivity index (χ1v) is 5.28. The second-order valence-electron chi connectivity index (χ2n) is 4.13. The topological polar surface area (TPSA) is 50.1 Å². The molecule has 0 saturated heterocycles. The van der Waals surface area contributed by atoms with Gasteiger partial charge >= 0.3 is 5.97 Å². The Labute approximate surface area is 99.8 Å². The van der Waals surface area contributed by atoms with E-state index in [9.17, 15) is 9.18 Å². The van der Waals surface area contributed by atoms with Gasteiger partial charge in [0.2, 0.25) is 0 Å². The third-order valence-electron chi connectivity index (χ3n) is 2.53. The minimum Gasteiger partial charge on any atom is -0.469 e. The summed E-state index contributed by atoms with van der Waals surface area (Å²) in [6.45, 7) is 3.69. The highest BCUT2D eigenvalue weighted by molar-refractivity contribution is 5.78. The number of esters is 1. The molecule has 90 valence electrons. The van der Waals surface area contributed by atoms with E-state index in [0.717, 1.165) is 6.07 Å². The van der Waals surface area contributed by atoms with Crippen molar-refractivity contribution in [3.63, 3.8) is 0 Å². The van der Waals surface area contributed by atoms with Crippen LogP contribution < -0.4 is 0 Å². The molecule has 0 aromatic heterocycles. The van der Waals surface area contributed by atoms with Gasteiger partial charge in [-0.3, -0.25) is 4.79 Å². The van der Waals surface area contributed by atoms with Gasteiger partial charge in [0.1, 0.15) is 5.82 Å². The Bertz CT molecular complexity index is 463. The van der Waals surface area contributed by atoms with Crippen LogP contribution in [0.3, 0.4) is 0 Å². The second-order valence-corrected chi connectivity index (χ2v) is 4.13. The molecule has 1 aromatic carbocycles. The molecule has 0 radical (unpaired) electrons. The number of hydrogen-bond donors (Lipinski definition) is 0. The third kappa shape index (κ3) is 3.04. The van der Waals surface area contributed by atoms with Crippen molar-refractivity contribution >= 4 is 5.97 Å². The van der Waals surface area contributed by atoms with Gasteiger partial charge in [-0.05, 0) is 29.7 Å². The van der Waals surface area contributed by atoms with Crippen LogP contribution in [0.15, 0.2) is 18.2 Å². The number of methoxy groups -OCH3 is 1. The lowest BCUT2D eigenvalue weighted by atomic mass is 9.87. The number of halogens is 1. The number of ether oxygens (including phenoxy) is 1. The average molecular weight is 235 g/mol. The zero-order valence-electron chi connectivity index (χ0n) is 10.0. The van der Waals surface area contributed by atoms with Crippen molar-refractivity contribution in [1.29, 1.82) is 5.26 Å². The number of nitrogens with zero attached hydrogens (tertiary/aromatic N) is 1. The van der Waals surface area contributed by atoms with Crippen molar-refractivity contribution in [2.45, 2.75) is 19.8 Å². The molecule has 0 N–H and O–H groups in total. The molecule has 1 unspecified atom stereocenters. The van der Waals surface area contributed by atoms with Crippen LogP contribution in [0, 0.1) is 23.1 Å². The highest BCUT2D eigenvalue weighted by atomic mass is 19.1. The first kappa shape index (κ1) is 13.2. The summed E-state index contributed by atoms with van der Waals surface area (Å²) < 4.78 is 18.0. The molecule has 0 aliphatic heterocycles. The second kappa shape index (κ2) is 5.44. The van der Waals surface area contributed by atoms with Crippen molar-refractivity contribution in [1.82, 2.24) is 0 Å². The van der Waals surface area contributed by atoms with Gasteiger partial charge in [-0.2, -0.15) is 5.26 Å². The molecule has 0 fully saturated rings. The molecular weight excluding hydrogens is 221 g/mol. The molecular formula is C13H14FNO2. The molecule has 1 atom stereocenters. The van der Waals surface area contributed by atoms with Gasteiger partial charge in [0.25, 0.3) is 0 Å². The van der Waals surface area contributed by atoms with Gasteiger partial charge in [0.05, 0.1) is 24.7 Å². The fourth-order valence-electron chi connectivity index (χ4n) is 1.78. The van der Waals surface area contributed by atoms with Crippen molar-refractivity contribution in [2.24, 2.45) is 5.92 Å². The van der Waals surface area contributed by atoms with Crippen LogP contribution >= 0.6 is 0 Å². The summed E-state index contributed by atoms with van der Waals surface area (Å²) in [5.41, 5.74) is 0.679. The molecule has 1 rings (SSSR count). The first-order chi connectivity index (χ1) is 7.99. The smallest absolute Gasteiger partial charge is 0.313 e. The Hall–Kier alpha value is -1.89. The number of nitriles is 1. The lowest BCUT2D eigenvalue weighted by Gasteiger charge is -2.18. The van der Waals surface area contributed by atoms with Crippen LogP contribution in [0.1, 0.15) is 30.9 Å². The standard InChI is InChI=1S/C13H14FNO2/c1-8(2)12(13(16)17-3)10-4-9(7-15)5-11(14)6-10/h4-6,8,12H,1-3H3. The van der Waals surface area contributed by atoms with Crippen molar-refractivity contribution in [3.8, 4) is 6.07 Å². The average Bonchev–Trinajstić information content (AvgIpc) is 2.27. The quantitative estimate of drug-likeness (QED) is 0.757. The van der Waals surface area contributed by atoms with E-state index in [2.05, 4.69) is 0 Å². The number of rotatable bonds is 3. The van der Waals surface area contributed by atoms with Gasteiger partial charge in [-0.25, -0.2) is 4.39 Å². The number of benzene rings is 1. The molecule has 0 heterocycles. The zero-order valence-corrected chi connectivity index (χ0v) is 10.0. The predicted octanol–water partition coefficient (Wildman–Crippen LogP) is 2.61. The van der Waals surface area contributed by atoms with Gasteiger partial charge in [-0.15, -0.1) is 0 Å². The fourth-order valence-corrected chi connectivity index (χ4v) is 1.78. The van der Waals surface area contributed by atoms with E-state index >= 15 is 0 Å². The van der Waals surface area contributed by atoms with E-state index in [1.54, 1.807) is 0 Å². The lowest BCUT2D eigenvalue weighted by Crippen LogP contribution is -2.19. The monoisotopic (exact) mass is 235 g/mol. The maximum Gasteiger partial charge on any atom is 0.313 e. The largest absolute Gasteiger partial charge is 0.469 e. The van der Waals surface area contributed by atoms with Crippen LogP contribution in [0.2, 0.25) is 0 Å². The van der Waals surface area contributed by atoms with Gasteiger partial charge in [-0.1, -0.05) is 13.8 Å². The minimum atomic E-state index is -0.553. The molecule has 17 heavy (non-hydrogen) atoms. The molecule has 0 amide bonds. The predicted molar refractivity (Wildman–Crippen MR) is 60.7 cm³/mol. The molecule has 3 nitrogen and oxygen atoms in total. The van der Waals surface area contributed by atoms with E-state index in [-0.39, 0.29) is 11.5 Å².